The maximum Gasteiger partial charge on any atom is 0.259 e. The highest BCUT2D eigenvalue weighted by Gasteiger charge is 2.14. The predicted octanol–water partition coefficient (Wildman–Crippen LogP) is 1.66. The highest BCUT2D eigenvalue weighted by molar-refractivity contribution is 6.05. The summed E-state index contributed by atoms with van der Waals surface area (Å²) in [4.78, 5) is 23.7. The molecule has 0 unspecified atom stereocenters. The van der Waals surface area contributed by atoms with Crippen molar-refractivity contribution in [2.24, 2.45) is 7.05 Å². The van der Waals surface area contributed by atoms with Crippen molar-refractivity contribution in [2.45, 2.75) is 19.8 Å². The molecule has 0 aliphatic carbocycles. The first kappa shape index (κ1) is 15.8. The van der Waals surface area contributed by atoms with Crippen LogP contribution in [0.4, 0.5) is 5.69 Å². The molecule has 0 spiro atoms. The molecule has 116 valence electrons. The van der Waals surface area contributed by atoms with Gasteiger partial charge in [-0.25, -0.2) is 0 Å². The number of aromatic nitrogens is 2. The van der Waals surface area contributed by atoms with Crippen LogP contribution in [-0.2, 0) is 18.3 Å². The molecule has 2 N–H and O–H groups in total. The molecule has 0 bridgehead atoms. The van der Waals surface area contributed by atoms with E-state index in [2.05, 4.69) is 15.7 Å². The Morgan fingerprint density at radius 2 is 2.00 bits per heavy atom. The third kappa shape index (κ3) is 3.72. The Morgan fingerprint density at radius 1 is 1.27 bits per heavy atom. The number of anilines is 1. The lowest BCUT2D eigenvalue weighted by Crippen LogP contribution is -2.19. The second kappa shape index (κ2) is 6.89. The van der Waals surface area contributed by atoms with Crippen LogP contribution in [0.5, 0.6) is 0 Å². The second-order valence-electron chi connectivity index (χ2n) is 5.09. The Morgan fingerprint density at radius 3 is 2.64 bits per heavy atom. The molecule has 0 aliphatic rings. The number of hydrogen-bond donors (Lipinski definition) is 2. The number of amides is 2. The Labute approximate surface area is 129 Å². The fraction of sp³-hybridized carbons (Fsp3) is 0.312. The molecule has 2 aromatic rings. The Hall–Kier alpha value is -2.63. The summed E-state index contributed by atoms with van der Waals surface area (Å²) in [5.41, 5.74) is 2.88. The third-order valence-corrected chi connectivity index (χ3v) is 3.42. The van der Waals surface area contributed by atoms with E-state index in [9.17, 15) is 9.59 Å². The van der Waals surface area contributed by atoms with Crippen molar-refractivity contribution >= 4 is 17.5 Å². The molecular weight excluding hydrogens is 280 g/mol. The van der Waals surface area contributed by atoms with Crippen LogP contribution in [0.2, 0.25) is 0 Å². The standard InChI is InChI=1S/C16H20N4O2/c1-11-13(10-20(3)19-11)16(22)18-14-7-5-4-6-12(14)8-9-15(21)17-2/h4-7,10H,8-9H2,1-3H3,(H,17,21)(H,18,22). The first-order chi connectivity index (χ1) is 10.5. The van der Waals surface area contributed by atoms with Crippen LogP contribution < -0.4 is 10.6 Å². The van der Waals surface area contributed by atoms with Gasteiger partial charge in [0, 0.05) is 32.4 Å². The lowest BCUT2D eigenvalue weighted by molar-refractivity contribution is -0.120. The van der Waals surface area contributed by atoms with Gasteiger partial charge in [-0.15, -0.1) is 0 Å². The number of nitrogens with one attached hydrogen (secondary N) is 2. The van der Waals surface area contributed by atoms with Crippen LogP contribution in [-0.4, -0.2) is 28.6 Å². The maximum atomic E-state index is 12.4. The highest BCUT2D eigenvalue weighted by Crippen LogP contribution is 2.18. The molecule has 2 rings (SSSR count). The highest BCUT2D eigenvalue weighted by atomic mass is 16.2. The van der Waals surface area contributed by atoms with Crippen LogP contribution in [0.3, 0.4) is 0 Å². The van der Waals surface area contributed by atoms with Crippen molar-refractivity contribution in [3.63, 3.8) is 0 Å². The fourth-order valence-electron chi connectivity index (χ4n) is 2.25. The molecule has 0 fully saturated rings. The smallest absolute Gasteiger partial charge is 0.259 e. The van der Waals surface area contributed by atoms with Crippen LogP contribution in [0, 0.1) is 6.92 Å². The minimum Gasteiger partial charge on any atom is -0.359 e. The van der Waals surface area contributed by atoms with Gasteiger partial charge < -0.3 is 10.6 Å². The zero-order valence-electron chi connectivity index (χ0n) is 13.0. The van der Waals surface area contributed by atoms with Crippen LogP contribution in [0.1, 0.15) is 28.0 Å². The van der Waals surface area contributed by atoms with Gasteiger partial charge in [-0.2, -0.15) is 5.10 Å². The van der Waals surface area contributed by atoms with Crippen molar-refractivity contribution < 1.29 is 9.59 Å². The summed E-state index contributed by atoms with van der Waals surface area (Å²) in [6.45, 7) is 1.80. The zero-order valence-corrected chi connectivity index (χ0v) is 13.0. The van der Waals surface area contributed by atoms with Crippen LogP contribution >= 0.6 is 0 Å². The second-order valence-corrected chi connectivity index (χ2v) is 5.09. The number of nitrogens with zero attached hydrogens (tertiary/aromatic N) is 2. The number of benzene rings is 1. The third-order valence-electron chi connectivity index (χ3n) is 3.42. The van der Waals surface area contributed by atoms with Gasteiger partial charge in [0.1, 0.15) is 0 Å². The lowest BCUT2D eigenvalue weighted by atomic mass is 10.1. The van der Waals surface area contributed by atoms with Crippen molar-refractivity contribution in [3.8, 4) is 0 Å². The summed E-state index contributed by atoms with van der Waals surface area (Å²) in [6.07, 6.45) is 2.65. The van der Waals surface area contributed by atoms with E-state index < -0.39 is 0 Å². The summed E-state index contributed by atoms with van der Waals surface area (Å²) >= 11 is 0. The first-order valence-electron chi connectivity index (χ1n) is 7.11. The van der Waals surface area contributed by atoms with Gasteiger partial charge in [0.05, 0.1) is 11.3 Å². The molecule has 0 aliphatic heterocycles. The van der Waals surface area contributed by atoms with Crippen molar-refractivity contribution in [3.05, 3.63) is 47.3 Å². The van der Waals surface area contributed by atoms with Gasteiger partial charge in [-0.3, -0.25) is 14.3 Å². The maximum absolute atomic E-state index is 12.4. The molecular formula is C16H20N4O2. The Kier molecular flexibility index (Phi) is 4.93. The minimum absolute atomic E-state index is 0.0239. The van der Waals surface area contributed by atoms with Crippen molar-refractivity contribution in [2.75, 3.05) is 12.4 Å². The van der Waals surface area contributed by atoms with Gasteiger partial charge >= 0.3 is 0 Å². The van der Waals surface area contributed by atoms with E-state index in [0.29, 0.717) is 24.1 Å². The molecule has 0 radical (unpaired) electrons. The Balaban J connectivity index is 2.14. The summed E-state index contributed by atoms with van der Waals surface area (Å²) in [7, 11) is 3.39. The number of para-hydroxylation sites is 1. The van der Waals surface area contributed by atoms with Crippen LogP contribution in [0.15, 0.2) is 30.5 Å². The summed E-state index contributed by atoms with van der Waals surface area (Å²) in [5, 5.41) is 9.66. The number of carbonyl (C=O) groups is 2. The van der Waals surface area contributed by atoms with Gasteiger partial charge in [0.2, 0.25) is 5.91 Å². The number of rotatable bonds is 5. The predicted molar refractivity (Wildman–Crippen MR) is 84.7 cm³/mol. The number of aryl methyl sites for hydroxylation is 3. The molecule has 6 nitrogen and oxygen atoms in total. The molecule has 0 atom stereocenters. The normalized spacial score (nSPS) is 10.3. The average molecular weight is 300 g/mol. The fourth-order valence-corrected chi connectivity index (χ4v) is 2.25. The molecule has 2 amide bonds. The zero-order chi connectivity index (χ0) is 16.1. The Bertz CT molecular complexity index is 691. The van der Waals surface area contributed by atoms with E-state index in [-0.39, 0.29) is 11.8 Å². The van der Waals surface area contributed by atoms with E-state index >= 15 is 0 Å². The molecule has 0 saturated heterocycles. The van der Waals surface area contributed by atoms with E-state index in [1.54, 1.807) is 31.9 Å². The number of hydrogen-bond acceptors (Lipinski definition) is 3. The first-order valence-corrected chi connectivity index (χ1v) is 7.11. The topological polar surface area (TPSA) is 76.0 Å². The van der Waals surface area contributed by atoms with Gasteiger partial charge in [-0.1, -0.05) is 18.2 Å². The van der Waals surface area contributed by atoms with Gasteiger partial charge in [0.15, 0.2) is 0 Å². The molecule has 1 heterocycles. The van der Waals surface area contributed by atoms with Crippen molar-refractivity contribution in [1.82, 2.24) is 15.1 Å². The molecule has 22 heavy (non-hydrogen) atoms. The molecule has 1 aromatic carbocycles. The quantitative estimate of drug-likeness (QED) is 0.881. The summed E-state index contributed by atoms with van der Waals surface area (Å²) in [6, 6.07) is 7.50. The van der Waals surface area contributed by atoms with E-state index in [0.717, 1.165) is 11.3 Å². The molecule has 1 aromatic heterocycles. The molecule has 0 saturated carbocycles. The van der Waals surface area contributed by atoms with Gasteiger partial charge in [-0.05, 0) is 25.0 Å². The lowest BCUT2D eigenvalue weighted by Gasteiger charge is -2.10. The molecule has 6 heteroatoms. The van der Waals surface area contributed by atoms with Crippen molar-refractivity contribution in [1.29, 1.82) is 0 Å². The minimum atomic E-state index is -0.196. The average Bonchev–Trinajstić information content (AvgIpc) is 2.84. The largest absolute Gasteiger partial charge is 0.359 e. The summed E-state index contributed by atoms with van der Waals surface area (Å²) < 4.78 is 1.61. The van der Waals surface area contributed by atoms with E-state index in [1.807, 2.05) is 24.3 Å². The summed E-state index contributed by atoms with van der Waals surface area (Å²) in [5.74, 6) is -0.220. The number of carbonyl (C=O) groups excluding carboxylic acids is 2. The van der Waals surface area contributed by atoms with Crippen LogP contribution in [0.25, 0.3) is 0 Å². The monoisotopic (exact) mass is 300 g/mol. The van der Waals surface area contributed by atoms with Gasteiger partial charge in [0.25, 0.3) is 5.91 Å². The SMILES string of the molecule is CNC(=O)CCc1ccccc1NC(=O)c1cn(C)nc1C. The van der Waals surface area contributed by atoms with E-state index in [4.69, 9.17) is 0 Å². The van der Waals surface area contributed by atoms with E-state index in [1.165, 1.54) is 0 Å².